The van der Waals surface area contributed by atoms with Crippen LogP contribution in [0.15, 0.2) is 70.4 Å². The number of pyridine rings is 1. The Morgan fingerprint density at radius 1 is 1.09 bits per heavy atom. The fourth-order valence-corrected chi connectivity index (χ4v) is 1.91. The first-order chi connectivity index (χ1) is 11.2. The quantitative estimate of drug-likeness (QED) is 0.594. The molecule has 0 saturated carbocycles. The molecule has 1 aromatic carbocycles. The Kier molecular flexibility index (Phi) is 4.24. The van der Waals surface area contributed by atoms with E-state index in [9.17, 15) is 9.18 Å². The van der Waals surface area contributed by atoms with E-state index < -0.39 is 0 Å². The number of hydrogen-bond donors (Lipinski definition) is 1. The number of carbonyl (C=O) groups is 1. The number of halogens is 1. The molecule has 0 aliphatic rings. The lowest BCUT2D eigenvalue weighted by atomic mass is 10.2. The fourth-order valence-electron chi connectivity index (χ4n) is 1.91. The number of nitrogens with one attached hydrogen (secondary N) is 1. The molecular weight excluding hydrogens is 297 g/mol. The number of hydrogen-bond acceptors (Lipinski definition) is 4. The fraction of sp³-hybridized carbons (Fsp3) is 0. The van der Waals surface area contributed by atoms with Crippen LogP contribution in [0.4, 0.5) is 4.39 Å². The molecular formula is C17H12FN3O2. The van der Waals surface area contributed by atoms with Crippen LogP contribution < -0.4 is 5.43 Å². The van der Waals surface area contributed by atoms with Gasteiger partial charge in [-0.2, -0.15) is 5.10 Å². The average Bonchev–Trinajstić information content (AvgIpc) is 3.05. The van der Waals surface area contributed by atoms with Crippen LogP contribution in [0.25, 0.3) is 11.3 Å². The summed E-state index contributed by atoms with van der Waals surface area (Å²) in [5, 5.41) is 3.84. The summed E-state index contributed by atoms with van der Waals surface area (Å²) in [6, 6.07) is 12.6. The van der Waals surface area contributed by atoms with Crippen LogP contribution in [0.3, 0.4) is 0 Å². The third-order valence-electron chi connectivity index (χ3n) is 3.06. The zero-order valence-electron chi connectivity index (χ0n) is 11.9. The van der Waals surface area contributed by atoms with Crippen LogP contribution in [0.2, 0.25) is 0 Å². The Balaban J connectivity index is 1.65. The minimum Gasteiger partial charge on any atom is -0.455 e. The molecule has 3 aromatic rings. The highest BCUT2D eigenvalue weighted by Crippen LogP contribution is 2.21. The molecule has 0 unspecified atom stereocenters. The van der Waals surface area contributed by atoms with Crippen LogP contribution >= 0.6 is 0 Å². The Hall–Kier alpha value is -3.28. The number of nitrogens with zero attached hydrogens (tertiary/aromatic N) is 2. The second-order valence-electron chi connectivity index (χ2n) is 4.64. The Bertz CT molecular complexity index is 827. The van der Waals surface area contributed by atoms with Gasteiger partial charge in [0.05, 0.1) is 6.21 Å². The van der Waals surface area contributed by atoms with E-state index in [2.05, 4.69) is 15.5 Å². The first kappa shape index (κ1) is 14.6. The summed E-state index contributed by atoms with van der Waals surface area (Å²) in [6.07, 6.45) is 4.45. The van der Waals surface area contributed by atoms with Gasteiger partial charge in [-0.3, -0.25) is 9.78 Å². The second kappa shape index (κ2) is 6.65. The van der Waals surface area contributed by atoms with Crippen LogP contribution in [0.1, 0.15) is 16.1 Å². The zero-order chi connectivity index (χ0) is 16.1. The largest absolute Gasteiger partial charge is 0.455 e. The average molecular weight is 309 g/mol. The topological polar surface area (TPSA) is 67.5 Å². The van der Waals surface area contributed by atoms with Crippen molar-refractivity contribution in [3.8, 4) is 11.3 Å². The van der Waals surface area contributed by atoms with Gasteiger partial charge in [-0.25, -0.2) is 9.82 Å². The van der Waals surface area contributed by atoms with Crippen molar-refractivity contribution in [2.24, 2.45) is 5.10 Å². The van der Waals surface area contributed by atoms with Gasteiger partial charge in [0.15, 0.2) is 0 Å². The van der Waals surface area contributed by atoms with Crippen molar-refractivity contribution in [3.63, 3.8) is 0 Å². The number of hydrazone groups is 1. The minimum atomic E-state index is -0.339. The summed E-state index contributed by atoms with van der Waals surface area (Å²) >= 11 is 0. The zero-order valence-corrected chi connectivity index (χ0v) is 11.9. The molecule has 2 aromatic heterocycles. The first-order valence-electron chi connectivity index (χ1n) is 6.81. The molecule has 6 heteroatoms. The monoisotopic (exact) mass is 309 g/mol. The van der Waals surface area contributed by atoms with Gasteiger partial charge in [0.1, 0.15) is 17.3 Å². The summed E-state index contributed by atoms with van der Waals surface area (Å²) in [6.45, 7) is 0. The van der Waals surface area contributed by atoms with Gasteiger partial charge in [-0.1, -0.05) is 0 Å². The molecule has 0 aliphatic heterocycles. The van der Waals surface area contributed by atoms with E-state index in [0.29, 0.717) is 17.1 Å². The van der Waals surface area contributed by atoms with Gasteiger partial charge in [0.2, 0.25) is 0 Å². The number of rotatable bonds is 4. The lowest BCUT2D eigenvalue weighted by Gasteiger charge is -1.98. The first-order valence-corrected chi connectivity index (χ1v) is 6.81. The van der Waals surface area contributed by atoms with E-state index in [1.165, 1.54) is 30.7 Å². The Labute approximate surface area is 131 Å². The molecule has 0 saturated heterocycles. The second-order valence-corrected chi connectivity index (χ2v) is 4.64. The smallest absolute Gasteiger partial charge is 0.271 e. The predicted octanol–water partition coefficient (Wildman–Crippen LogP) is 3.24. The van der Waals surface area contributed by atoms with Crippen molar-refractivity contribution < 1.29 is 13.6 Å². The van der Waals surface area contributed by atoms with Gasteiger partial charge < -0.3 is 4.42 Å². The number of carbonyl (C=O) groups excluding carboxylic acids is 1. The van der Waals surface area contributed by atoms with Crippen LogP contribution in [-0.2, 0) is 0 Å². The molecule has 0 radical (unpaired) electrons. The van der Waals surface area contributed by atoms with Crippen molar-refractivity contribution in [1.82, 2.24) is 10.4 Å². The summed E-state index contributed by atoms with van der Waals surface area (Å²) in [4.78, 5) is 15.6. The molecule has 2 heterocycles. The molecule has 114 valence electrons. The van der Waals surface area contributed by atoms with Crippen LogP contribution in [0.5, 0.6) is 0 Å². The van der Waals surface area contributed by atoms with E-state index in [-0.39, 0.29) is 11.7 Å². The Morgan fingerprint density at radius 2 is 1.83 bits per heavy atom. The lowest BCUT2D eigenvalue weighted by Crippen LogP contribution is -2.17. The van der Waals surface area contributed by atoms with E-state index in [4.69, 9.17) is 4.42 Å². The SMILES string of the molecule is O=C(NN=Cc1ccc(-c2ccc(F)cc2)o1)c1ccncc1. The van der Waals surface area contributed by atoms with Crippen molar-refractivity contribution >= 4 is 12.1 Å². The van der Waals surface area contributed by atoms with Crippen LogP contribution in [-0.4, -0.2) is 17.1 Å². The van der Waals surface area contributed by atoms with Gasteiger partial charge >= 0.3 is 0 Å². The molecule has 23 heavy (non-hydrogen) atoms. The van der Waals surface area contributed by atoms with Crippen molar-refractivity contribution in [3.05, 3.63) is 78.1 Å². The van der Waals surface area contributed by atoms with E-state index >= 15 is 0 Å². The highest BCUT2D eigenvalue weighted by molar-refractivity contribution is 5.94. The molecule has 3 rings (SSSR count). The summed E-state index contributed by atoms with van der Waals surface area (Å²) in [5.41, 5.74) is 3.62. The standard InChI is InChI=1S/C17H12FN3O2/c18-14-3-1-12(2-4-14)16-6-5-15(23-16)11-20-21-17(22)13-7-9-19-10-8-13/h1-11H,(H,21,22). The molecule has 1 amide bonds. The third kappa shape index (κ3) is 3.68. The number of amides is 1. The van der Waals surface area contributed by atoms with Crippen molar-refractivity contribution in [1.29, 1.82) is 0 Å². The number of furan rings is 1. The number of benzene rings is 1. The Morgan fingerprint density at radius 3 is 2.57 bits per heavy atom. The van der Waals surface area contributed by atoms with E-state index in [0.717, 1.165) is 5.56 Å². The normalized spacial score (nSPS) is 10.8. The lowest BCUT2D eigenvalue weighted by molar-refractivity contribution is 0.0955. The van der Waals surface area contributed by atoms with E-state index in [1.54, 1.807) is 36.4 Å². The maximum atomic E-state index is 12.9. The molecule has 0 atom stereocenters. The highest BCUT2D eigenvalue weighted by Gasteiger charge is 2.05. The maximum Gasteiger partial charge on any atom is 0.271 e. The minimum absolute atomic E-state index is 0.305. The number of aromatic nitrogens is 1. The van der Waals surface area contributed by atoms with Crippen molar-refractivity contribution in [2.45, 2.75) is 0 Å². The van der Waals surface area contributed by atoms with Gasteiger partial charge in [-0.15, -0.1) is 0 Å². The molecule has 0 bridgehead atoms. The van der Waals surface area contributed by atoms with Crippen LogP contribution in [0, 0.1) is 5.82 Å². The highest BCUT2D eigenvalue weighted by atomic mass is 19.1. The van der Waals surface area contributed by atoms with Gasteiger partial charge in [0.25, 0.3) is 5.91 Å². The molecule has 0 aliphatic carbocycles. The third-order valence-corrected chi connectivity index (χ3v) is 3.06. The maximum absolute atomic E-state index is 12.9. The molecule has 5 nitrogen and oxygen atoms in total. The van der Waals surface area contributed by atoms with Gasteiger partial charge in [-0.05, 0) is 48.5 Å². The summed E-state index contributed by atoms with van der Waals surface area (Å²) in [5.74, 6) is 0.418. The van der Waals surface area contributed by atoms with Crippen molar-refractivity contribution in [2.75, 3.05) is 0 Å². The molecule has 0 fully saturated rings. The van der Waals surface area contributed by atoms with Gasteiger partial charge in [0, 0.05) is 23.5 Å². The summed E-state index contributed by atoms with van der Waals surface area (Å²) in [7, 11) is 0. The molecule has 0 spiro atoms. The van der Waals surface area contributed by atoms with E-state index in [1.807, 2.05) is 0 Å². The molecule has 1 N–H and O–H groups in total. The summed E-state index contributed by atoms with van der Waals surface area (Å²) < 4.78 is 18.5. The predicted molar refractivity (Wildman–Crippen MR) is 83.4 cm³/mol.